The first-order chi connectivity index (χ1) is 36.9. The average molecular weight is 1040 g/mol. The maximum atomic E-state index is 11.8. The van der Waals surface area contributed by atoms with E-state index in [-0.39, 0.29) is 23.2 Å². The number of H-pyrrole nitrogens is 3. The molecule has 0 spiro atoms. The SMILES string of the molecule is COc1ccc(Nc2c(C(N)=O)nnc3[nH]ccc23)cc1Cl.Cc1noc(C2Oc3c(Nc4c(C(N)=O)nnc5[nH]ccc45)cccc32)n1.NC(=O)c1nnc2[nH]ccc2c1Nc1cccc2c1OC2c1ccccn1. The summed E-state index contributed by atoms with van der Waals surface area (Å²) in [7, 11) is 1.54. The molecule has 12 N–H and O–H groups in total. The molecular formula is C50H39ClN18O7. The number of rotatable bonds is 12. The number of aromatic amines is 3. The highest BCUT2D eigenvalue weighted by molar-refractivity contribution is 6.32. The molecule has 378 valence electrons. The summed E-state index contributed by atoms with van der Waals surface area (Å²) in [5, 5.41) is 39.5. The lowest BCUT2D eigenvalue weighted by atomic mass is 9.98. The molecular weight excluding hydrogens is 1000 g/mol. The molecule has 8 aromatic heterocycles. The number of ether oxygens (including phenoxy) is 3. The van der Waals surface area contributed by atoms with Crippen molar-refractivity contribution < 1.29 is 33.1 Å². The van der Waals surface area contributed by atoms with E-state index < -0.39 is 23.8 Å². The summed E-state index contributed by atoms with van der Waals surface area (Å²) >= 11 is 6.10. The highest BCUT2D eigenvalue weighted by atomic mass is 35.5. The number of aromatic nitrogens is 12. The van der Waals surface area contributed by atoms with Crippen molar-refractivity contribution in [3.63, 3.8) is 0 Å². The first-order valence-corrected chi connectivity index (χ1v) is 23.2. The van der Waals surface area contributed by atoms with E-state index in [0.29, 0.717) is 90.1 Å². The Labute approximate surface area is 431 Å². The number of benzene rings is 3. The second-order valence-electron chi connectivity index (χ2n) is 16.7. The third-order valence-corrected chi connectivity index (χ3v) is 12.2. The molecule has 0 aliphatic carbocycles. The standard InChI is InChI=1S/C19H14N6O2.C17H13N7O3.C14H12ClN5O2/c20-18(26)15-14(10-7-9-22-19(10)25-24-15)23-13-6-3-4-11-16(27-17(11)13)12-5-1-2-8-21-12;1-7-20-17(27-24-7)14-9-3-2-4-10(13(9)26-14)21-11-8-5-6-19-16(8)23-22-12(11)15(18)25;1-22-10-3-2-7(6-9(10)15)18-11-8-4-5-17-14(8)20-19-12(11)13(16)21/h1-9,16H,(H2,20,26)(H2,22,23,25);2-6,14H,1H3,(H2,18,25)(H2,19,21,23);2-6H,1H3,(H2,16,21)(H2,17,18,20). The molecule has 10 heterocycles. The van der Waals surface area contributed by atoms with Crippen LogP contribution >= 0.6 is 11.6 Å². The summed E-state index contributed by atoms with van der Waals surface area (Å²) in [4.78, 5) is 52.6. The van der Waals surface area contributed by atoms with Gasteiger partial charge in [0.2, 0.25) is 6.10 Å². The van der Waals surface area contributed by atoms with Crippen molar-refractivity contribution in [2.24, 2.45) is 17.2 Å². The fraction of sp³-hybridized carbons (Fsp3) is 0.0800. The van der Waals surface area contributed by atoms with Crippen LogP contribution in [-0.4, -0.2) is 85.5 Å². The van der Waals surface area contributed by atoms with E-state index in [1.54, 1.807) is 62.0 Å². The quantitative estimate of drug-likeness (QED) is 0.0588. The van der Waals surface area contributed by atoms with Gasteiger partial charge in [0, 0.05) is 57.8 Å². The predicted molar refractivity (Wildman–Crippen MR) is 276 cm³/mol. The number of methoxy groups -OCH3 is 1. The minimum absolute atomic E-state index is 0.0445. The average Bonchev–Trinajstić information content (AvgIpc) is 4.30. The Balaban J connectivity index is 0.000000123. The monoisotopic (exact) mass is 1040 g/mol. The van der Waals surface area contributed by atoms with Crippen LogP contribution in [0.5, 0.6) is 17.2 Å². The number of para-hydroxylation sites is 2. The summed E-state index contributed by atoms with van der Waals surface area (Å²) < 4.78 is 22.1. The fourth-order valence-corrected chi connectivity index (χ4v) is 8.66. The molecule has 26 heteroatoms. The minimum atomic E-state index is -0.678. The molecule has 25 nitrogen and oxygen atoms in total. The first kappa shape index (κ1) is 47.6. The zero-order valence-corrected chi connectivity index (χ0v) is 40.4. The number of hydrogen-bond donors (Lipinski definition) is 9. The van der Waals surface area contributed by atoms with E-state index in [1.807, 2.05) is 60.7 Å². The largest absolute Gasteiger partial charge is 0.495 e. The minimum Gasteiger partial charge on any atom is -0.495 e. The summed E-state index contributed by atoms with van der Waals surface area (Å²) in [6.45, 7) is 1.74. The van der Waals surface area contributed by atoms with Crippen molar-refractivity contribution in [3.05, 3.63) is 166 Å². The molecule has 0 saturated carbocycles. The van der Waals surface area contributed by atoms with Crippen LogP contribution in [0.15, 0.2) is 120 Å². The van der Waals surface area contributed by atoms with Gasteiger partial charge in [-0.1, -0.05) is 47.1 Å². The van der Waals surface area contributed by atoms with Crippen LogP contribution in [0.2, 0.25) is 5.02 Å². The number of primary amides is 3. The van der Waals surface area contributed by atoms with E-state index in [4.69, 9.17) is 47.5 Å². The van der Waals surface area contributed by atoms with Crippen LogP contribution in [0.25, 0.3) is 33.1 Å². The van der Waals surface area contributed by atoms with E-state index in [0.717, 1.165) is 27.9 Å². The summed E-state index contributed by atoms with van der Waals surface area (Å²) in [5.74, 6) is 0.838. The molecule has 0 radical (unpaired) electrons. The number of nitrogens with two attached hydrogens (primary N) is 3. The lowest BCUT2D eigenvalue weighted by Crippen LogP contribution is -2.22. The van der Waals surface area contributed by atoms with E-state index in [2.05, 4.69) is 76.6 Å². The molecule has 0 fully saturated rings. The number of nitrogens with one attached hydrogen (secondary N) is 6. The van der Waals surface area contributed by atoms with Gasteiger partial charge in [-0.3, -0.25) is 19.4 Å². The lowest BCUT2D eigenvalue weighted by molar-refractivity contribution is 0.0987. The van der Waals surface area contributed by atoms with Crippen LogP contribution in [0.3, 0.4) is 0 Å². The van der Waals surface area contributed by atoms with Gasteiger partial charge in [0.1, 0.15) is 5.75 Å². The smallest absolute Gasteiger partial charge is 0.272 e. The third kappa shape index (κ3) is 8.89. The Hall–Kier alpha value is -10.7. The van der Waals surface area contributed by atoms with Crippen LogP contribution in [0.4, 0.5) is 34.1 Å². The third-order valence-electron chi connectivity index (χ3n) is 11.9. The molecule has 0 saturated heterocycles. The van der Waals surface area contributed by atoms with Gasteiger partial charge in [0.15, 0.2) is 57.5 Å². The second-order valence-corrected chi connectivity index (χ2v) is 17.1. The zero-order chi connectivity index (χ0) is 52.6. The molecule has 2 aliphatic rings. The van der Waals surface area contributed by atoms with Gasteiger partial charge < -0.3 is 66.8 Å². The number of carbonyl (C=O) groups excluding carboxylic acids is 3. The van der Waals surface area contributed by atoms with Gasteiger partial charge in [0.05, 0.1) is 46.3 Å². The van der Waals surface area contributed by atoms with Gasteiger partial charge in [-0.25, -0.2) is 0 Å². The number of aryl methyl sites for hydroxylation is 1. The molecule has 76 heavy (non-hydrogen) atoms. The summed E-state index contributed by atoms with van der Waals surface area (Å²) in [5.41, 5.74) is 24.4. The lowest BCUT2D eigenvalue weighted by Gasteiger charge is -2.32. The summed E-state index contributed by atoms with van der Waals surface area (Å²) in [6.07, 6.45) is 6.26. The van der Waals surface area contributed by atoms with Gasteiger partial charge in [-0.15, -0.1) is 30.6 Å². The topological polar surface area (TPSA) is 370 Å². The Morgan fingerprint density at radius 3 is 1.59 bits per heavy atom. The van der Waals surface area contributed by atoms with Gasteiger partial charge >= 0.3 is 0 Å². The highest BCUT2D eigenvalue weighted by Gasteiger charge is 2.37. The number of fused-ring (bicyclic) bond motifs is 5. The Morgan fingerprint density at radius 2 is 1.13 bits per heavy atom. The number of carbonyl (C=O) groups is 3. The van der Waals surface area contributed by atoms with Crippen molar-refractivity contribution in [2.75, 3.05) is 23.1 Å². The van der Waals surface area contributed by atoms with E-state index in [9.17, 15) is 14.4 Å². The zero-order valence-electron chi connectivity index (χ0n) is 39.6. The number of hydrogen-bond acceptors (Lipinski definition) is 19. The van der Waals surface area contributed by atoms with Crippen molar-refractivity contribution in [2.45, 2.75) is 19.1 Å². The van der Waals surface area contributed by atoms with Crippen LogP contribution in [-0.2, 0) is 0 Å². The number of amides is 3. The van der Waals surface area contributed by atoms with Crippen molar-refractivity contribution in [3.8, 4) is 17.2 Å². The van der Waals surface area contributed by atoms with Crippen molar-refractivity contribution in [1.82, 2.24) is 60.7 Å². The molecule has 2 atom stereocenters. The summed E-state index contributed by atoms with van der Waals surface area (Å²) in [6, 6.07) is 27.7. The number of pyridine rings is 1. The van der Waals surface area contributed by atoms with Crippen LogP contribution < -0.4 is 47.4 Å². The van der Waals surface area contributed by atoms with Gasteiger partial charge in [0.25, 0.3) is 23.6 Å². The van der Waals surface area contributed by atoms with Gasteiger partial charge in [-0.2, -0.15) is 4.98 Å². The fourth-order valence-electron chi connectivity index (χ4n) is 8.41. The van der Waals surface area contributed by atoms with E-state index in [1.165, 1.54) is 7.11 Å². The molecule has 3 aromatic carbocycles. The Bertz CT molecular complexity index is 4050. The normalized spacial score (nSPS) is 13.7. The number of halogens is 1. The van der Waals surface area contributed by atoms with Crippen molar-refractivity contribution in [1.29, 1.82) is 0 Å². The van der Waals surface area contributed by atoms with Crippen molar-refractivity contribution >= 4 is 96.5 Å². The first-order valence-electron chi connectivity index (χ1n) is 22.8. The molecule has 2 aliphatic heterocycles. The van der Waals surface area contributed by atoms with Crippen LogP contribution in [0.1, 0.15) is 72.2 Å². The second kappa shape index (κ2) is 19.7. The highest BCUT2D eigenvalue weighted by Crippen LogP contribution is 2.50. The van der Waals surface area contributed by atoms with Crippen LogP contribution in [0, 0.1) is 6.92 Å². The maximum Gasteiger partial charge on any atom is 0.272 e. The van der Waals surface area contributed by atoms with Gasteiger partial charge in [-0.05, 0) is 67.6 Å². The molecule has 0 bridgehead atoms. The predicted octanol–water partition coefficient (Wildman–Crippen LogP) is 7.11. The molecule has 13 rings (SSSR count). The maximum absolute atomic E-state index is 11.8. The molecule has 11 aromatic rings. The molecule has 2 unspecified atom stereocenters. The van der Waals surface area contributed by atoms with E-state index >= 15 is 0 Å². The number of anilines is 6. The molecule has 3 amide bonds. The Morgan fingerprint density at radius 1 is 0.618 bits per heavy atom. The Kier molecular flexibility index (Phi) is 12.4. The number of nitrogens with zero attached hydrogens (tertiary/aromatic N) is 9.